The smallest absolute Gasteiger partial charge is 0.328 e. The summed E-state index contributed by atoms with van der Waals surface area (Å²) in [4.78, 5) is 12.5. The molecule has 0 heterocycles. The summed E-state index contributed by atoms with van der Waals surface area (Å²) >= 11 is 0. The van der Waals surface area contributed by atoms with E-state index in [0.717, 1.165) is 0 Å². The molecule has 0 spiro atoms. The summed E-state index contributed by atoms with van der Waals surface area (Å²) in [5, 5.41) is 19.1. The van der Waals surface area contributed by atoms with Crippen LogP contribution in [-0.4, -0.2) is 11.6 Å². The van der Waals surface area contributed by atoms with Crippen LogP contribution in [0.3, 0.4) is 0 Å². The Morgan fingerprint density at radius 3 is 2.19 bits per heavy atom. The van der Waals surface area contributed by atoms with Crippen molar-refractivity contribution in [3.05, 3.63) is 35.9 Å². The lowest BCUT2D eigenvalue weighted by molar-refractivity contribution is -0.165. The number of hydrogen-bond donors (Lipinski definition) is 0. The highest BCUT2D eigenvalue weighted by Gasteiger charge is 2.48. The number of carbonyl (C=O) groups is 1. The van der Waals surface area contributed by atoms with Crippen LogP contribution in [0.1, 0.15) is 45.6 Å². The third kappa shape index (κ3) is 3.61. The van der Waals surface area contributed by atoms with E-state index < -0.39 is 22.9 Å². The third-order valence-corrected chi connectivity index (χ3v) is 3.28. The maximum absolute atomic E-state index is 12.5. The molecule has 0 saturated heterocycles. The number of ether oxygens (including phenoxy) is 1. The van der Waals surface area contributed by atoms with Crippen LogP contribution in [0.2, 0.25) is 0 Å². The highest BCUT2D eigenvalue weighted by atomic mass is 16.6. The van der Waals surface area contributed by atoms with Crippen LogP contribution in [0.4, 0.5) is 0 Å². The Morgan fingerprint density at radius 1 is 1.24 bits per heavy atom. The van der Waals surface area contributed by atoms with Crippen LogP contribution in [0, 0.1) is 28.1 Å². The molecule has 4 heteroatoms. The predicted octanol–water partition coefficient (Wildman–Crippen LogP) is 3.56. The van der Waals surface area contributed by atoms with Gasteiger partial charge >= 0.3 is 5.97 Å². The highest BCUT2D eigenvalue weighted by Crippen LogP contribution is 2.40. The number of benzene rings is 1. The number of nitriles is 2. The highest BCUT2D eigenvalue weighted by molar-refractivity contribution is 5.82. The van der Waals surface area contributed by atoms with Crippen molar-refractivity contribution >= 4 is 5.97 Å². The Morgan fingerprint density at radius 2 is 1.81 bits per heavy atom. The van der Waals surface area contributed by atoms with Gasteiger partial charge in [-0.1, -0.05) is 37.3 Å². The fourth-order valence-electron chi connectivity index (χ4n) is 2.14. The first-order valence-electron chi connectivity index (χ1n) is 6.90. The Kier molecular flexibility index (Phi) is 5.11. The minimum absolute atomic E-state index is 0.214. The van der Waals surface area contributed by atoms with Gasteiger partial charge in [-0.3, -0.25) is 4.79 Å². The molecule has 1 rings (SSSR count). The molecule has 0 fully saturated rings. The lowest BCUT2D eigenvalue weighted by Crippen LogP contribution is -2.40. The first kappa shape index (κ1) is 16.7. The molecule has 2 atom stereocenters. The number of rotatable bonds is 4. The van der Waals surface area contributed by atoms with E-state index >= 15 is 0 Å². The van der Waals surface area contributed by atoms with E-state index in [-0.39, 0.29) is 6.42 Å². The van der Waals surface area contributed by atoms with E-state index in [9.17, 15) is 15.3 Å². The van der Waals surface area contributed by atoms with Crippen LogP contribution < -0.4 is 0 Å². The molecule has 1 aromatic rings. The number of hydrogen-bond acceptors (Lipinski definition) is 4. The summed E-state index contributed by atoms with van der Waals surface area (Å²) in [6.45, 7) is 6.95. The largest absolute Gasteiger partial charge is 0.459 e. The fraction of sp³-hybridized carbons (Fsp3) is 0.471. The summed E-state index contributed by atoms with van der Waals surface area (Å²) in [5.41, 5.74) is -1.55. The van der Waals surface area contributed by atoms with Gasteiger partial charge in [0.2, 0.25) is 0 Å². The lowest BCUT2D eigenvalue weighted by Gasteiger charge is -2.31. The molecule has 1 aromatic carbocycles. The van der Waals surface area contributed by atoms with Crippen LogP contribution in [0.5, 0.6) is 0 Å². The van der Waals surface area contributed by atoms with Crippen LogP contribution >= 0.6 is 0 Å². The molecule has 0 aliphatic rings. The van der Waals surface area contributed by atoms with Crippen LogP contribution in [0.25, 0.3) is 0 Å². The quantitative estimate of drug-likeness (QED) is 0.792. The first-order chi connectivity index (χ1) is 9.80. The monoisotopic (exact) mass is 284 g/mol. The van der Waals surface area contributed by atoms with Crippen molar-refractivity contribution in [1.82, 2.24) is 0 Å². The average molecular weight is 284 g/mol. The van der Waals surface area contributed by atoms with Crippen molar-refractivity contribution in [3.63, 3.8) is 0 Å². The van der Waals surface area contributed by atoms with E-state index in [4.69, 9.17) is 4.74 Å². The van der Waals surface area contributed by atoms with Gasteiger partial charge < -0.3 is 4.74 Å². The van der Waals surface area contributed by atoms with Crippen molar-refractivity contribution < 1.29 is 9.53 Å². The topological polar surface area (TPSA) is 73.9 Å². The Hall–Kier alpha value is -2.33. The summed E-state index contributed by atoms with van der Waals surface area (Å²) < 4.78 is 5.38. The van der Waals surface area contributed by atoms with Crippen molar-refractivity contribution in [1.29, 1.82) is 10.5 Å². The summed E-state index contributed by atoms with van der Waals surface area (Å²) in [6.07, 6.45) is 0.214. The van der Waals surface area contributed by atoms with Gasteiger partial charge in [0.1, 0.15) is 11.5 Å². The van der Waals surface area contributed by atoms with E-state index in [1.54, 1.807) is 52.0 Å². The van der Waals surface area contributed by atoms with Crippen molar-refractivity contribution in [2.45, 2.75) is 45.6 Å². The molecule has 0 saturated carbocycles. The zero-order valence-electron chi connectivity index (χ0n) is 12.9. The molecule has 0 N–H and O–H groups in total. The molecule has 0 aliphatic heterocycles. The normalized spacial score (nSPS) is 15.1. The van der Waals surface area contributed by atoms with Gasteiger partial charge in [0, 0.05) is 0 Å². The average Bonchev–Trinajstić information content (AvgIpc) is 2.43. The first-order valence-corrected chi connectivity index (χ1v) is 6.90. The molecular formula is C17H20N2O2. The standard InChI is InChI=1S/C17H20N2O2/c1-5-17(12-19,15(20)21-16(2,3)4)14(11-18)13-9-7-6-8-10-13/h6-10,14H,5H2,1-4H3/t14-,17+/m0/s1. The zero-order chi connectivity index (χ0) is 16.1. The minimum Gasteiger partial charge on any atom is -0.459 e. The second-order valence-corrected chi connectivity index (χ2v) is 5.91. The van der Waals surface area contributed by atoms with Gasteiger partial charge in [0.25, 0.3) is 0 Å². The lowest BCUT2D eigenvalue weighted by atomic mass is 9.71. The Bertz CT molecular complexity index is 576. The Balaban J connectivity index is 3.30. The van der Waals surface area contributed by atoms with Crippen LogP contribution in [-0.2, 0) is 9.53 Å². The SMILES string of the molecule is CC[C@](C#N)(C(=O)OC(C)(C)C)[C@@H](C#N)c1ccccc1. The molecular weight excluding hydrogens is 264 g/mol. The summed E-state index contributed by atoms with van der Waals surface area (Å²) in [5.74, 6) is -1.50. The van der Waals surface area contributed by atoms with E-state index in [2.05, 4.69) is 6.07 Å². The van der Waals surface area contributed by atoms with Gasteiger partial charge in [0.15, 0.2) is 5.41 Å². The van der Waals surface area contributed by atoms with E-state index in [1.165, 1.54) is 0 Å². The predicted molar refractivity (Wildman–Crippen MR) is 79.0 cm³/mol. The molecule has 110 valence electrons. The minimum atomic E-state index is -1.50. The fourth-order valence-corrected chi connectivity index (χ4v) is 2.14. The Labute approximate surface area is 126 Å². The van der Waals surface area contributed by atoms with Gasteiger partial charge in [-0.2, -0.15) is 10.5 Å². The maximum Gasteiger partial charge on any atom is 0.328 e. The number of carbonyl (C=O) groups excluding carboxylic acids is 1. The van der Waals surface area contributed by atoms with Crippen molar-refractivity contribution in [2.24, 2.45) is 5.41 Å². The third-order valence-electron chi connectivity index (χ3n) is 3.28. The van der Waals surface area contributed by atoms with Crippen molar-refractivity contribution in [2.75, 3.05) is 0 Å². The second kappa shape index (κ2) is 6.41. The molecule has 0 amide bonds. The van der Waals surface area contributed by atoms with Gasteiger partial charge in [-0.05, 0) is 32.8 Å². The number of nitrogens with zero attached hydrogens (tertiary/aromatic N) is 2. The van der Waals surface area contributed by atoms with Gasteiger partial charge in [-0.25, -0.2) is 0 Å². The summed E-state index contributed by atoms with van der Waals surface area (Å²) in [6, 6.07) is 13.0. The van der Waals surface area contributed by atoms with Gasteiger partial charge in [-0.15, -0.1) is 0 Å². The molecule has 4 nitrogen and oxygen atoms in total. The molecule has 0 unspecified atom stereocenters. The van der Waals surface area contributed by atoms with E-state index in [0.29, 0.717) is 5.56 Å². The molecule has 0 bridgehead atoms. The van der Waals surface area contributed by atoms with Crippen LogP contribution in [0.15, 0.2) is 30.3 Å². The number of esters is 1. The van der Waals surface area contributed by atoms with Gasteiger partial charge in [0.05, 0.1) is 12.1 Å². The molecule has 21 heavy (non-hydrogen) atoms. The maximum atomic E-state index is 12.5. The molecule has 0 aromatic heterocycles. The second-order valence-electron chi connectivity index (χ2n) is 5.91. The van der Waals surface area contributed by atoms with Crippen molar-refractivity contribution in [3.8, 4) is 12.1 Å². The zero-order valence-corrected chi connectivity index (χ0v) is 12.9. The summed E-state index contributed by atoms with van der Waals surface area (Å²) in [7, 11) is 0. The molecule has 0 aliphatic carbocycles. The molecule has 0 radical (unpaired) electrons. The van der Waals surface area contributed by atoms with E-state index in [1.807, 2.05) is 12.1 Å².